The van der Waals surface area contributed by atoms with E-state index >= 15 is 0 Å². The number of benzene rings is 1. The average Bonchev–Trinajstić information content (AvgIpc) is 2.47. The van der Waals surface area contributed by atoms with E-state index in [1.54, 1.807) is 0 Å². The molecule has 0 saturated heterocycles. The highest BCUT2D eigenvalue weighted by Crippen LogP contribution is 2.17. The highest BCUT2D eigenvalue weighted by molar-refractivity contribution is 5.25. The molecule has 0 fully saturated rings. The van der Waals surface area contributed by atoms with Gasteiger partial charge in [0.25, 0.3) is 0 Å². The highest BCUT2D eigenvalue weighted by Gasteiger charge is 2.08. The van der Waals surface area contributed by atoms with Crippen molar-refractivity contribution in [3.63, 3.8) is 0 Å². The number of hydrogen-bond acceptors (Lipinski definition) is 4. The lowest BCUT2D eigenvalue weighted by atomic mass is 9.98. The molecular weight excluding hydrogens is 250 g/mol. The summed E-state index contributed by atoms with van der Waals surface area (Å²) in [6.07, 6.45) is 2.51. The monoisotopic (exact) mass is 281 g/mol. The molecule has 4 heteroatoms. The Hall–Kier alpha value is -0.940. The molecule has 116 valence electrons. The van der Waals surface area contributed by atoms with Gasteiger partial charge in [-0.1, -0.05) is 38.1 Å². The van der Waals surface area contributed by atoms with E-state index in [1.807, 2.05) is 45.0 Å². The molecule has 20 heavy (non-hydrogen) atoms. The molecule has 0 amide bonds. The molecule has 0 aliphatic carbocycles. The lowest BCUT2D eigenvalue weighted by molar-refractivity contribution is 0.265. The zero-order valence-electron chi connectivity index (χ0n) is 13.0. The molecule has 0 heterocycles. The van der Waals surface area contributed by atoms with Gasteiger partial charge >= 0.3 is 0 Å². The average molecular weight is 281 g/mol. The molecular formula is C16H31N3O. The first-order valence-electron chi connectivity index (χ1n) is 7.49. The second-order valence-electron chi connectivity index (χ2n) is 5.05. The van der Waals surface area contributed by atoms with Crippen molar-refractivity contribution in [3.05, 3.63) is 35.4 Å². The fraction of sp³-hybridized carbons (Fsp3) is 0.625. The fourth-order valence-electron chi connectivity index (χ4n) is 1.88. The van der Waals surface area contributed by atoms with Crippen LogP contribution in [0.2, 0.25) is 0 Å². The van der Waals surface area contributed by atoms with Crippen molar-refractivity contribution >= 4 is 0 Å². The summed E-state index contributed by atoms with van der Waals surface area (Å²) in [6, 6.07) is 8.15. The molecule has 1 aromatic rings. The lowest BCUT2D eigenvalue weighted by Crippen LogP contribution is -2.26. The van der Waals surface area contributed by atoms with Gasteiger partial charge in [-0.15, -0.1) is 0 Å². The van der Waals surface area contributed by atoms with Crippen molar-refractivity contribution in [3.8, 4) is 0 Å². The van der Waals surface area contributed by atoms with Crippen molar-refractivity contribution in [1.29, 1.82) is 0 Å². The summed E-state index contributed by atoms with van der Waals surface area (Å²) < 4.78 is 0. The van der Waals surface area contributed by atoms with Gasteiger partial charge in [0.2, 0.25) is 0 Å². The van der Waals surface area contributed by atoms with Crippen LogP contribution in [-0.4, -0.2) is 23.8 Å². The van der Waals surface area contributed by atoms with Crippen LogP contribution >= 0.6 is 0 Å². The number of aliphatic hydroxyl groups is 1. The van der Waals surface area contributed by atoms with Gasteiger partial charge < -0.3 is 22.3 Å². The standard InChI is InChI=1S/C14H25N3O.C2H6/c1-10(15)2-7-14(17)12-5-3-11(4-6-12)8-13(16)9-18;1-2/h3-6,10,13-14,18H,2,7-9,15-17H2,1H3;1-2H3. The quantitative estimate of drug-likeness (QED) is 0.611. The number of aliphatic hydroxyl groups excluding tert-OH is 1. The maximum atomic E-state index is 8.90. The van der Waals surface area contributed by atoms with Crippen LogP contribution < -0.4 is 17.2 Å². The Morgan fingerprint density at radius 3 is 2.00 bits per heavy atom. The van der Waals surface area contributed by atoms with E-state index in [1.165, 1.54) is 0 Å². The third-order valence-corrected chi connectivity index (χ3v) is 3.07. The normalized spacial score (nSPS) is 14.9. The van der Waals surface area contributed by atoms with E-state index in [0.717, 1.165) is 24.0 Å². The van der Waals surface area contributed by atoms with Crippen LogP contribution in [0.4, 0.5) is 0 Å². The van der Waals surface area contributed by atoms with E-state index in [4.69, 9.17) is 22.3 Å². The molecule has 4 nitrogen and oxygen atoms in total. The Morgan fingerprint density at radius 1 is 1.00 bits per heavy atom. The molecule has 1 aromatic carbocycles. The van der Waals surface area contributed by atoms with Crippen LogP contribution in [0.5, 0.6) is 0 Å². The summed E-state index contributed by atoms with van der Waals surface area (Å²) in [5.74, 6) is 0. The van der Waals surface area contributed by atoms with E-state index in [2.05, 4.69) is 0 Å². The Bertz CT molecular complexity index is 338. The predicted molar refractivity (Wildman–Crippen MR) is 86.4 cm³/mol. The smallest absolute Gasteiger partial charge is 0.0585 e. The topological polar surface area (TPSA) is 98.3 Å². The minimum atomic E-state index is -0.192. The van der Waals surface area contributed by atoms with Gasteiger partial charge in [-0.3, -0.25) is 0 Å². The van der Waals surface area contributed by atoms with E-state index in [0.29, 0.717) is 6.42 Å². The molecule has 0 aliphatic heterocycles. The van der Waals surface area contributed by atoms with Crippen molar-refractivity contribution in [2.45, 2.75) is 58.2 Å². The first-order chi connectivity index (χ1) is 9.52. The molecule has 0 bridgehead atoms. The fourth-order valence-corrected chi connectivity index (χ4v) is 1.88. The van der Waals surface area contributed by atoms with E-state index < -0.39 is 0 Å². The minimum absolute atomic E-state index is 0.00958. The van der Waals surface area contributed by atoms with Gasteiger partial charge in [0.15, 0.2) is 0 Å². The third kappa shape index (κ3) is 7.60. The van der Waals surface area contributed by atoms with E-state index in [-0.39, 0.29) is 24.7 Å². The third-order valence-electron chi connectivity index (χ3n) is 3.07. The summed E-state index contributed by atoms with van der Waals surface area (Å²) in [6.45, 7) is 6.00. The molecule has 0 radical (unpaired) electrons. The van der Waals surface area contributed by atoms with Crippen LogP contribution in [0, 0.1) is 0 Å². The van der Waals surface area contributed by atoms with Crippen LogP contribution in [0.15, 0.2) is 24.3 Å². The SMILES string of the molecule is CC.CC(N)CCC(N)c1ccc(CC(N)CO)cc1. The van der Waals surface area contributed by atoms with Crippen molar-refractivity contribution in [2.75, 3.05) is 6.61 Å². The van der Waals surface area contributed by atoms with Gasteiger partial charge in [0.05, 0.1) is 6.61 Å². The van der Waals surface area contributed by atoms with E-state index in [9.17, 15) is 0 Å². The molecule has 0 aromatic heterocycles. The van der Waals surface area contributed by atoms with Gasteiger partial charge in [-0.25, -0.2) is 0 Å². The van der Waals surface area contributed by atoms with Gasteiger partial charge in [0.1, 0.15) is 0 Å². The Morgan fingerprint density at radius 2 is 1.55 bits per heavy atom. The molecule has 0 aliphatic rings. The maximum Gasteiger partial charge on any atom is 0.0585 e. The zero-order chi connectivity index (χ0) is 15.5. The van der Waals surface area contributed by atoms with Crippen molar-refractivity contribution in [1.82, 2.24) is 0 Å². The number of nitrogens with two attached hydrogens (primary N) is 3. The minimum Gasteiger partial charge on any atom is -0.395 e. The van der Waals surface area contributed by atoms with Crippen molar-refractivity contribution in [2.24, 2.45) is 17.2 Å². The summed E-state index contributed by atoms with van der Waals surface area (Å²) in [5, 5.41) is 8.90. The predicted octanol–water partition coefficient (Wildman–Crippen LogP) is 1.70. The molecule has 3 unspecified atom stereocenters. The van der Waals surface area contributed by atoms with Gasteiger partial charge in [-0.05, 0) is 37.3 Å². The van der Waals surface area contributed by atoms with Crippen LogP contribution in [0.25, 0.3) is 0 Å². The molecule has 3 atom stereocenters. The first-order valence-corrected chi connectivity index (χ1v) is 7.49. The first kappa shape index (κ1) is 19.1. The molecule has 7 N–H and O–H groups in total. The number of hydrogen-bond donors (Lipinski definition) is 4. The highest BCUT2D eigenvalue weighted by atomic mass is 16.3. The van der Waals surface area contributed by atoms with Crippen LogP contribution in [0.3, 0.4) is 0 Å². The van der Waals surface area contributed by atoms with Gasteiger partial charge in [0, 0.05) is 18.1 Å². The largest absolute Gasteiger partial charge is 0.395 e. The summed E-state index contributed by atoms with van der Waals surface area (Å²) in [7, 11) is 0. The van der Waals surface area contributed by atoms with Gasteiger partial charge in [-0.2, -0.15) is 0 Å². The summed E-state index contributed by atoms with van der Waals surface area (Å²) in [4.78, 5) is 0. The molecule has 0 saturated carbocycles. The Kier molecular flexibility index (Phi) is 10.3. The Labute approximate surface area is 123 Å². The lowest BCUT2D eigenvalue weighted by Gasteiger charge is -2.14. The summed E-state index contributed by atoms with van der Waals surface area (Å²) >= 11 is 0. The zero-order valence-corrected chi connectivity index (χ0v) is 13.0. The second-order valence-corrected chi connectivity index (χ2v) is 5.05. The second kappa shape index (κ2) is 10.8. The Balaban J connectivity index is 0.00000172. The number of rotatable bonds is 7. The van der Waals surface area contributed by atoms with Crippen molar-refractivity contribution < 1.29 is 5.11 Å². The summed E-state index contributed by atoms with van der Waals surface area (Å²) in [5.41, 5.74) is 19.8. The van der Waals surface area contributed by atoms with Crippen LogP contribution in [0.1, 0.15) is 50.8 Å². The molecule has 1 rings (SSSR count). The molecule has 0 spiro atoms. The van der Waals surface area contributed by atoms with Crippen LogP contribution in [-0.2, 0) is 6.42 Å². The maximum absolute atomic E-state index is 8.90.